The zero-order valence-corrected chi connectivity index (χ0v) is 14.6. The van der Waals surface area contributed by atoms with Crippen molar-refractivity contribution in [3.05, 3.63) is 71.4 Å². The molecule has 0 bridgehead atoms. The first kappa shape index (κ1) is 16.9. The molecule has 24 heavy (non-hydrogen) atoms. The number of aromatic hydroxyl groups is 1. The number of halogens is 1. The summed E-state index contributed by atoms with van der Waals surface area (Å²) in [6.45, 7) is 4.18. The van der Waals surface area contributed by atoms with Gasteiger partial charge in [0.25, 0.3) is 0 Å². The van der Waals surface area contributed by atoms with Crippen LogP contribution in [0.1, 0.15) is 43.6 Å². The molecule has 0 aromatic heterocycles. The van der Waals surface area contributed by atoms with Crippen LogP contribution < -0.4 is 5.32 Å². The van der Waals surface area contributed by atoms with Crippen LogP contribution in [0.3, 0.4) is 0 Å². The third-order valence-electron chi connectivity index (χ3n) is 4.89. The highest BCUT2D eigenvalue weighted by atomic mass is 35.5. The molecular formula is C21H24ClNO. The average molecular weight is 342 g/mol. The highest BCUT2D eigenvalue weighted by Crippen LogP contribution is 2.38. The molecule has 0 spiro atoms. The molecular weight excluding hydrogens is 318 g/mol. The first-order valence-electron chi connectivity index (χ1n) is 8.59. The molecule has 1 aliphatic rings. The lowest BCUT2D eigenvalue weighted by Crippen LogP contribution is -2.15. The maximum atomic E-state index is 9.41. The van der Waals surface area contributed by atoms with E-state index in [0.717, 1.165) is 22.8 Å². The molecule has 3 rings (SSSR count). The fraction of sp³-hybridized carbons (Fsp3) is 0.333. The molecule has 3 heteroatoms. The Bertz CT molecular complexity index is 687. The number of hydrogen-bond acceptors (Lipinski definition) is 2. The zero-order valence-electron chi connectivity index (χ0n) is 13.8. The number of phenols is 1. The largest absolute Gasteiger partial charge is 0.508 e. The number of benzene rings is 2. The highest BCUT2D eigenvalue weighted by molar-refractivity contribution is 6.30. The van der Waals surface area contributed by atoms with Gasteiger partial charge in [0.15, 0.2) is 0 Å². The van der Waals surface area contributed by atoms with Gasteiger partial charge in [0.2, 0.25) is 0 Å². The quantitative estimate of drug-likeness (QED) is 0.665. The topological polar surface area (TPSA) is 32.3 Å². The van der Waals surface area contributed by atoms with Gasteiger partial charge in [0, 0.05) is 16.4 Å². The molecule has 1 aliphatic carbocycles. The zero-order chi connectivity index (χ0) is 16.9. The lowest BCUT2D eigenvalue weighted by molar-refractivity contribution is 0.324. The van der Waals surface area contributed by atoms with E-state index in [2.05, 4.69) is 24.0 Å². The summed E-state index contributed by atoms with van der Waals surface area (Å²) in [6.07, 6.45) is 5.87. The van der Waals surface area contributed by atoms with Gasteiger partial charge in [0.05, 0.1) is 0 Å². The van der Waals surface area contributed by atoms with Crippen molar-refractivity contribution in [1.29, 1.82) is 0 Å². The van der Waals surface area contributed by atoms with E-state index in [1.165, 1.54) is 31.2 Å². The molecule has 0 unspecified atom stereocenters. The predicted octanol–water partition coefficient (Wildman–Crippen LogP) is 6.34. The second-order valence-electron chi connectivity index (χ2n) is 6.75. The second kappa shape index (κ2) is 7.76. The standard InChI is InChI=1S/C21H24ClNO/c1-15(23-20-4-2-3-19(22)14-20)13-16-5-7-17(8-6-16)18-9-11-21(24)12-10-18/h2-4,9-12,14,16-17,23-24H,1,5-8,13H2/t16-,17+. The van der Waals surface area contributed by atoms with Crippen molar-refractivity contribution < 1.29 is 5.11 Å². The summed E-state index contributed by atoms with van der Waals surface area (Å²) in [4.78, 5) is 0. The Kier molecular flexibility index (Phi) is 5.47. The Morgan fingerprint density at radius 2 is 1.79 bits per heavy atom. The molecule has 126 valence electrons. The molecule has 1 fully saturated rings. The molecule has 0 saturated heterocycles. The molecule has 2 aromatic carbocycles. The minimum Gasteiger partial charge on any atom is -0.508 e. The molecule has 1 saturated carbocycles. The summed E-state index contributed by atoms with van der Waals surface area (Å²) in [5, 5.41) is 13.5. The van der Waals surface area contributed by atoms with Gasteiger partial charge in [0.1, 0.15) is 5.75 Å². The molecule has 0 amide bonds. The van der Waals surface area contributed by atoms with Crippen LogP contribution in [0.5, 0.6) is 5.75 Å². The van der Waals surface area contributed by atoms with Crippen LogP contribution in [0.15, 0.2) is 60.8 Å². The van der Waals surface area contributed by atoms with Crippen LogP contribution in [0.2, 0.25) is 5.02 Å². The van der Waals surface area contributed by atoms with E-state index < -0.39 is 0 Å². The van der Waals surface area contributed by atoms with E-state index in [1.807, 2.05) is 24.3 Å². The van der Waals surface area contributed by atoms with Crippen LogP contribution in [-0.4, -0.2) is 5.11 Å². The van der Waals surface area contributed by atoms with Gasteiger partial charge >= 0.3 is 0 Å². The van der Waals surface area contributed by atoms with E-state index >= 15 is 0 Å². The lowest BCUT2D eigenvalue weighted by Gasteiger charge is -2.29. The van der Waals surface area contributed by atoms with Crippen LogP contribution in [0.25, 0.3) is 0 Å². The number of rotatable bonds is 5. The Morgan fingerprint density at radius 3 is 2.46 bits per heavy atom. The number of hydrogen-bond donors (Lipinski definition) is 2. The number of phenolic OH excluding ortho intramolecular Hbond substituents is 1. The van der Waals surface area contributed by atoms with Crippen molar-refractivity contribution in [1.82, 2.24) is 0 Å². The van der Waals surface area contributed by atoms with Crippen LogP contribution >= 0.6 is 11.6 Å². The van der Waals surface area contributed by atoms with Gasteiger partial charge in [-0.05, 0) is 79.8 Å². The summed E-state index contributed by atoms with van der Waals surface area (Å²) >= 11 is 6.02. The van der Waals surface area contributed by atoms with Gasteiger partial charge in [-0.3, -0.25) is 0 Å². The van der Waals surface area contributed by atoms with E-state index in [1.54, 1.807) is 12.1 Å². The predicted molar refractivity (Wildman–Crippen MR) is 102 cm³/mol. The van der Waals surface area contributed by atoms with E-state index in [9.17, 15) is 5.11 Å². The second-order valence-corrected chi connectivity index (χ2v) is 7.19. The van der Waals surface area contributed by atoms with Crippen molar-refractivity contribution in [3.63, 3.8) is 0 Å². The molecule has 2 nitrogen and oxygen atoms in total. The SMILES string of the molecule is C=C(C[C@H]1CC[C@@H](c2ccc(O)cc2)CC1)Nc1cccc(Cl)c1. The first-order valence-corrected chi connectivity index (χ1v) is 8.97. The Hall–Kier alpha value is -1.93. The van der Waals surface area contributed by atoms with E-state index in [-0.39, 0.29) is 0 Å². The van der Waals surface area contributed by atoms with E-state index in [0.29, 0.717) is 17.6 Å². The van der Waals surface area contributed by atoms with Gasteiger partial charge in [-0.2, -0.15) is 0 Å². The number of nitrogens with one attached hydrogen (secondary N) is 1. The van der Waals surface area contributed by atoms with Crippen molar-refractivity contribution >= 4 is 17.3 Å². The first-order chi connectivity index (χ1) is 11.6. The summed E-state index contributed by atoms with van der Waals surface area (Å²) in [5.41, 5.74) is 3.41. The minimum absolute atomic E-state index is 0.343. The molecule has 0 atom stereocenters. The monoisotopic (exact) mass is 341 g/mol. The molecule has 0 radical (unpaired) electrons. The van der Waals surface area contributed by atoms with Crippen LogP contribution in [-0.2, 0) is 0 Å². The van der Waals surface area contributed by atoms with Crippen LogP contribution in [0, 0.1) is 5.92 Å². The van der Waals surface area contributed by atoms with Crippen molar-refractivity contribution in [2.75, 3.05) is 5.32 Å². The summed E-state index contributed by atoms with van der Waals surface area (Å²) in [6, 6.07) is 15.4. The fourth-order valence-corrected chi connectivity index (χ4v) is 3.81. The van der Waals surface area contributed by atoms with Crippen LogP contribution in [0.4, 0.5) is 5.69 Å². The summed E-state index contributed by atoms with van der Waals surface area (Å²) in [7, 11) is 0. The Labute approximate surface area is 149 Å². The van der Waals surface area contributed by atoms with Crippen molar-refractivity contribution in [3.8, 4) is 5.75 Å². The van der Waals surface area contributed by atoms with Gasteiger partial charge in [-0.15, -0.1) is 0 Å². The van der Waals surface area contributed by atoms with Gasteiger partial charge < -0.3 is 10.4 Å². The smallest absolute Gasteiger partial charge is 0.115 e. The third-order valence-corrected chi connectivity index (χ3v) is 5.13. The molecule has 2 N–H and O–H groups in total. The minimum atomic E-state index is 0.343. The summed E-state index contributed by atoms with van der Waals surface area (Å²) < 4.78 is 0. The number of anilines is 1. The average Bonchev–Trinajstić information content (AvgIpc) is 2.56. The maximum absolute atomic E-state index is 9.41. The molecule has 0 heterocycles. The maximum Gasteiger partial charge on any atom is 0.115 e. The third kappa shape index (κ3) is 4.55. The molecule has 0 aliphatic heterocycles. The number of allylic oxidation sites excluding steroid dienone is 1. The molecule has 2 aromatic rings. The normalized spacial score (nSPS) is 20.5. The Balaban J connectivity index is 1.48. The van der Waals surface area contributed by atoms with E-state index in [4.69, 9.17) is 11.6 Å². The lowest BCUT2D eigenvalue weighted by atomic mass is 9.77. The van der Waals surface area contributed by atoms with Gasteiger partial charge in [-0.1, -0.05) is 36.4 Å². The summed E-state index contributed by atoms with van der Waals surface area (Å²) in [5.74, 6) is 1.66. The Morgan fingerprint density at radius 1 is 1.08 bits per heavy atom. The van der Waals surface area contributed by atoms with Gasteiger partial charge in [-0.25, -0.2) is 0 Å². The fourth-order valence-electron chi connectivity index (χ4n) is 3.62. The highest BCUT2D eigenvalue weighted by Gasteiger charge is 2.22. The van der Waals surface area contributed by atoms with Crippen molar-refractivity contribution in [2.24, 2.45) is 5.92 Å². The van der Waals surface area contributed by atoms with Crippen molar-refractivity contribution in [2.45, 2.75) is 38.0 Å².